The molecule has 17 heavy (non-hydrogen) atoms. The lowest BCUT2D eigenvalue weighted by Gasteiger charge is -2.21. The Bertz CT molecular complexity index is 366. The SMILES string of the molecule is CONC(=O)c1ccc(C2CCCCC2)cc1. The lowest BCUT2D eigenvalue weighted by atomic mass is 9.84. The molecule has 0 heterocycles. The first-order valence-corrected chi connectivity index (χ1v) is 6.24. The topological polar surface area (TPSA) is 38.3 Å². The van der Waals surface area contributed by atoms with Crippen LogP contribution in [0, 0.1) is 0 Å². The summed E-state index contributed by atoms with van der Waals surface area (Å²) >= 11 is 0. The van der Waals surface area contributed by atoms with E-state index in [1.807, 2.05) is 12.1 Å². The summed E-state index contributed by atoms with van der Waals surface area (Å²) in [7, 11) is 1.44. The van der Waals surface area contributed by atoms with Crippen LogP contribution in [0.1, 0.15) is 53.9 Å². The Morgan fingerprint density at radius 1 is 1.18 bits per heavy atom. The summed E-state index contributed by atoms with van der Waals surface area (Å²) in [5.41, 5.74) is 4.33. The minimum absolute atomic E-state index is 0.192. The molecule has 3 heteroatoms. The number of hydroxylamine groups is 1. The predicted octanol–water partition coefficient (Wildman–Crippen LogP) is 3.03. The molecule has 1 aromatic rings. The van der Waals surface area contributed by atoms with Crippen molar-refractivity contribution in [2.24, 2.45) is 0 Å². The van der Waals surface area contributed by atoms with E-state index < -0.39 is 0 Å². The number of hydrogen-bond acceptors (Lipinski definition) is 2. The van der Waals surface area contributed by atoms with E-state index in [2.05, 4.69) is 22.5 Å². The lowest BCUT2D eigenvalue weighted by Crippen LogP contribution is -2.21. The number of benzene rings is 1. The minimum Gasteiger partial charge on any atom is -0.277 e. The van der Waals surface area contributed by atoms with Crippen molar-refractivity contribution < 1.29 is 9.63 Å². The molecule has 3 nitrogen and oxygen atoms in total. The first kappa shape index (κ1) is 12.1. The van der Waals surface area contributed by atoms with Crippen LogP contribution < -0.4 is 5.48 Å². The van der Waals surface area contributed by atoms with E-state index in [-0.39, 0.29) is 5.91 Å². The smallest absolute Gasteiger partial charge is 0.274 e. The Morgan fingerprint density at radius 2 is 1.82 bits per heavy atom. The van der Waals surface area contributed by atoms with E-state index in [1.54, 1.807) is 0 Å². The quantitative estimate of drug-likeness (QED) is 0.815. The van der Waals surface area contributed by atoms with Gasteiger partial charge in [0.1, 0.15) is 0 Å². The van der Waals surface area contributed by atoms with Gasteiger partial charge in [-0.1, -0.05) is 31.4 Å². The highest BCUT2D eigenvalue weighted by Crippen LogP contribution is 2.32. The van der Waals surface area contributed by atoms with Crippen LogP contribution in [0.2, 0.25) is 0 Å². The van der Waals surface area contributed by atoms with Crippen LogP contribution in [0.4, 0.5) is 0 Å². The van der Waals surface area contributed by atoms with E-state index in [4.69, 9.17) is 0 Å². The van der Waals surface area contributed by atoms with Crippen molar-refractivity contribution in [1.82, 2.24) is 5.48 Å². The van der Waals surface area contributed by atoms with E-state index in [1.165, 1.54) is 44.8 Å². The highest BCUT2D eigenvalue weighted by Gasteiger charge is 2.15. The van der Waals surface area contributed by atoms with E-state index >= 15 is 0 Å². The predicted molar refractivity (Wildman–Crippen MR) is 66.7 cm³/mol. The van der Waals surface area contributed by atoms with E-state index in [9.17, 15) is 4.79 Å². The van der Waals surface area contributed by atoms with Gasteiger partial charge in [0.2, 0.25) is 0 Å². The van der Waals surface area contributed by atoms with Crippen molar-refractivity contribution in [1.29, 1.82) is 0 Å². The van der Waals surface area contributed by atoms with Crippen LogP contribution in [-0.2, 0) is 4.84 Å². The molecule has 0 radical (unpaired) electrons. The second-order valence-corrected chi connectivity index (χ2v) is 4.59. The summed E-state index contributed by atoms with van der Waals surface area (Å²) in [6, 6.07) is 7.89. The molecule has 1 N–H and O–H groups in total. The molecule has 1 aromatic carbocycles. The normalized spacial score (nSPS) is 16.8. The molecule has 0 unspecified atom stereocenters. The average molecular weight is 233 g/mol. The van der Waals surface area contributed by atoms with E-state index in [0.717, 1.165) is 0 Å². The Morgan fingerprint density at radius 3 is 2.41 bits per heavy atom. The summed E-state index contributed by atoms with van der Waals surface area (Å²) in [4.78, 5) is 16.1. The number of carbonyl (C=O) groups is 1. The highest BCUT2D eigenvalue weighted by molar-refractivity contribution is 5.93. The fourth-order valence-corrected chi connectivity index (χ4v) is 2.49. The molecule has 0 atom stereocenters. The molecule has 1 amide bonds. The summed E-state index contributed by atoms with van der Waals surface area (Å²) in [5, 5.41) is 0. The number of carbonyl (C=O) groups excluding carboxylic acids is 1. The van der Waals surface area contributed by atoms with Gasteiger partial charge in [-0.3, -0.25) is 9.63 Å². The van der Waals surface area contributed by atoms with Crippen molar-refractivity contribution in [3.8, 4) is 0 Å². The number of nitrogens with one attached hydrogen (secondary N) is 1. The number of amides is 1. The molecule has 2 rings (SSSR count). The number of hydrogen-bond donors (Lipinski definition) is 1. The van der Waals surface area contributed by atoms with Crippen molar-refractivity contribution in [3.05, 3.63) is 35.4 Å². The van der Waals surface area contributed by atoms with Gasteiger partial charge in [-0.05, 0) is 36.5 Å². The van der Waals surface area contributed by atoms with Gasteiger partial charge in [0.05, 0.1) is 7.11 Å². The van der Waals surface area contributed by atoms with Crippen LogP contribution in [0.15, 0.2) is 24.3 Å². The molecule has 0 bridgehead atoms. The monoisotopic (exact) mass is 233 g/mol. The molecule has 0 aromatic heterocycles. The summed E-state index contributed by atoms with van der Waals surface area (Å²) in [6.45, 7) is 0. The van der Waals surface area contributed by atoms with Crippen LogP contribution in [0.5, 0.6) is 0 Å². The molecular weight excluding hydrogens is 214 g/mol. The molecule has 1 aliphatic carbocycles. The molecule has 0 spiro atoms. The summed E-state index contributed by atoms with van der Waals surface area (Å²) < 4.78 is 0. The third-order valence-corrected chi connectivity index (χ3v) is 3.44. The largest absolute Gasteiger partial charge is 0.277 e. The molecule has 92 valence electrons. The van der Waals surface area contributed by atoms with Gasteiger partial charge in [0, 0.05) is 5.56 Å². The van der Waals surface area contributed by atoms with Crippen LogP contribution in [-0.4, -0.2) is 13.0 Å². The highest BCUT2D eigenvalue weighted by atomic mass is 16.6. The van der Waals surface area contributed by atoms with Gasteiger partial charge >= 0.3 is 0 Å². The molecule has 1 aliphatic rings. The van der Waals surface area contributed by atoms with Gasteiger partial charge in [-0.15, -0.1) is 0 Å². The third kappa shape index (κ3) is 3.07. The Balaban J connectivity index is 2.04. The minimum atomic E-state index is -0.192. The van der Waals surface area contributed by atoms with E-state index in [0.29, 0.717) is 11.5 Å². The second-order valence-electron chi connectivity index (χ2n) is 4.59. The Hall–Kier alpha value is -1.35. The zero-order valence-corrected chi connectivity index (χ0v) is 10.2. The van der Waals surface area contributed by atoms with Gasteiger partial charge < -0.3 is 0 Å². The number of rotatable bonds is 3. The summed E-state index contributed by atoms with van der Waals surface area (Å²) in [6.07, 6.45) is 6.59. The lowest BCUT2D eigenvalue weighted by molar-refractivity contribution is 0.0537. The Labute approximate surface area is 102 Å². The first-order valence-electron chi connectivity index (χ1n) is 6.24. The van der Waals surface area contributed by atoms with Crippen molar-refractivity contribution >= 4 is 5.91 Å². The fraction of sp³-hybridized carbons (Fsp3) is 0.500. The van der Waals surface area contributed by atoms with Crippen LogP contribution in [0.25, 0.3) is 0 Å². The van der Waals surface area contributed by atoms with Crippen molar-refractivity contribution in [2.75, 3.05) is 7.11 Å². The van der Waals surface area contributed by atoms with Crippen molar-refractivity contribution in [3.63, 3.8) is 0 Å². The zero-order valence-electron chi connectivity index (χ0n) is 10.2. The second kappa shape index (κ2) is 5.82. The molecule has 1 saturated carbocycles. The molecular formula is C14H19NO2. The van der Waals surface area contributed by atoms with Gasteiger partial charge in [-0.2, -0.15) is 0 Å². The third-order valence-electron chi connectivity index (χ3n) is 3.44. The molecule has 1 fully saturated rings. The average Bonchev–Trinajstić information content (AvgIpc) is 2.40. The first-order chi connectivity index (χ1) is 8.31. The van der Waals surface area contributed by atoms with Gasteiger partial charge in [0.15, 0.2) is 0 Å². The van der Waals surface area contributed by atoms with Gasteiger partial charge in [-0.25, -0.2) is 5.48 Å². The maximum atomic E-state index is 11.5. The van der Waals surface area contributed by atoms with Crippen LogP contribution in [0.3, 0.4) is 0 Å². The maximum absolute atomic E-state index is 11.5. The standard InChI is InChI=1S/C14H19NO2/c1-17-15-14(16)13-9-7-12(8-10-13)11-5-3-2-4-6-11/h7-11H,2-6H2,1H3,(H,15,16). The zero-order chi connectivity index (χ0) is 12.1. The molecule has 0 saturated heterocycles. The van der Waals surface area contributed by atoms with Crippen LogP contribution >= 0.6 is 0 Å². The Kier molecular flexibility index (Phi) is 4.15. The summed E-state index contributed by atoms with van der Waals surface area (Å²) in [5.74, 6) is 0.492. The molecule has 0 aliphatic heterocycles. The fourth-order valence-electron chi connectivity index (χ4n) is 2.49. The van der Waals surface area contributed by atoms with Crippen molar-refractivity contribution in [2.45, 2.75) is 38.0 Å². The van der Waals surface area contributed by atoms with Gasteiger partial charge in [0.25, 0.3) is 5.91 Å². The maximum Gasteiger partial charge on any atom is 0.274 e.